The minimum Gasteiger partial charge on any atom is -0.270 e. The van der Waals surface area contributed by atoms with E-state index < -0.39 is 0 Å². The highest BCUT2D eigenvalue weighted by Gasteiger charge is 2.26. The second kappa shape index (κ2) is 9.16. The van der Waals surface area contributed by atoms with E-state index in [2.05, 4.69) is 50.4 Å². The zero-order chi connectivity index (χ0) is 21.8. The van der Waals surface area contributed by atoms with Crippen LogP contribution in [0.2, 0.25) is 0 Å². The monoisotopic (exact) mass is 412 g/mol. The molecular weight excluding hydrogens is 384 g/mol. The molecule has 0 unspecified atom stereocenters. The fraction of sp³-hybridized carbons (Fsp3) is 0.320. The predicted molar refractivity (Wildman–Crippen MR) is 127 cm³/mol. The van der Waals surface area contributed by atoms with Crippen molar-refractivity contribution in [3.63, 3.8) is 0 Å². The Bertz CT molecular complexity index is 1150. The standard InChI is InChI=1S/C25H28N6/c1-16-14-18(10-12-28-16)22-20-8-6-5-7-9-21(20)30-24(19-11-13-29-17(2)15-19)23(22)25(26-3)31-27-4/h10-15H,4-9H2,1-3H3,(H,26,31). The molecule has 1 aliphatic carbocycles. The van der Waals surface area contributed by atoms with Crippen molar-refractivity contribution >= 4 is 12.6 Å². The van der Waals surface area contributed by atoms with Crippen LogP contribution in [0.4, 0.5) is 0 Å². The van der Waals surface area contributed by atoms with Crippen molar-refractivity contribution in [2.45, 2.75) is 46.0 Å². The van der Waals surface area contributed by atoms with Gasteiger partial charge >= 0.3 is 0 Å². The Hall–Kier alpha value is -3.41. The molecule has 3 aromatic heterocycles. The van der Waals surface area contributed by atoms with Crippen LogP contribution in [0, 0.1) is 13.8 Å². The van der Waals surface area contributed by atoms with E-state index in [-0.39, 0.29) is 0 Å². The van der Waals surface area contributed by atoms with Gasteiger partial charge in [-0.15, -0.1) is 0 Å². The van der Waals surface area contributed by atoms with E-state index >= 15 is 0 Å². The topological polar surface area (TPSA) is 75.4 Å². The lowest BCUT2D eigenvalue weighted by Gasteiger charge is -2.22. The van der Waals surface area contributed by atoms with Crippen LogP contribution in [0.15, 0.2) is 46.8 Å². The van der Waals surface area contributed by atoms with Gasteiger partial charge in [0.2, 0.25) is 0 Å². The van der Waals surface area contributed by atoms with Crippen LogP contribution in [-0.2, 0) is 12.8 Å². The van der Waals surface area contributed by atoms with Crippen LogP contribution in [0.5, 0.6) is 0 Å². The quantitative estimate of drug-likeness (QED) is 0.292. The highest BCUT2D eigenvalue weighted by Crippen LogP contribution is 2.38. The summed E-state index contributed by atoms with van der Waals surface area (Å²) in [5.74, 6) is 0.656. The van der Waals surface area contributed by atoms with E-state index in [9.17, 15) is 0 Å². The minimum absolute atomic E-state index is 0.656. The summed E-state index contributed by atoms with van der Waals surface area (Å²) < 4.78 is 0. The summed E-state index contributed by atoms with van der Waals surface area (Å²) in [7, 11) is 1.77. The minimum atomic E-state index is 0.656. The second-order valence-corrected chi connectivity index (χ2v) is 7.91. The van der Waals surface area contributed by atoms with Crippen LogP contribution >= 0.6 is 0 Å². The smallest absolute Gasteiger partial charge is 0.151 e. The van der Waals surface area contributed by atoms with Gasteiger partial charge in [0.15, 0.2) is 5.84 Å². The van der Waals surface area contributed by atoms with Crippen molar-refractivity contribution in [3.05, 3.63) is 64.9 Å². The van der Waals surface area contributed by atoms with E-state index in [1.165, 1.54) is 23.2 Å². The first-order valence-corrected chi connectivity index (χ1v) is 10.7. The van der Waals surface area contributed by atoms with Crippen molar-refractivity contribution in [1.82, 2.24) is 20.4 Å². The van der Waals surface area contributed by atoms with Crippen molar-refractivity contribution in [3.8, 4) is 22.4 Å². The number of hydrazone groups is 1. The van der Waals surface area contributed by atoms with E-state index in [4.69, 9.17) is 4.98 Å². The summed E-state index contributed by atoms with van der Waals surface area (Å²) in [6.45, 7) is 7.65. The molecule has 0 atom stereocenters. The van der Waals surface area contributed by atoms with Crippen LogP contribution in [-0.4, -0.2) is 34.6 Å². The molecule has 0 saturated heterocycles. The van der Waals surface area contributed by atoms with Gasteiger partial charge in [-0.05, 0) is 80.5 Å². The number of hydrogen-bond donors (Lipinski definition) is 1. The number of fused-ring (bicyclic) bond motifs is 1. The van der Waals surface area contributed by atoms with Crippen molar-refractivity contribution in [2.24, 2.45) is 10.1 Å². The summed E-state index contributed by atoms with van der Waals surface area (Å²) in [5.41, 5.74) is 12.6. The first kappa shape index (κ1) is 20.8. The van der Waals surface area contributed by atoms with Gasteiger partial charge in [0.1, 0.15) is 0 Å². The molecule has 1 N–H and O–H groups in total. The number of amidine groups is 1. The molecule has 31 heavy (non-hydrogen) atoms. The highest BCUT2D eigenvalue weighted by atomic mass is 15.3. The highest BCUT2D eigenvalue weighted by molar-refractivity contribution is 6.09. The molecule has 0 aromatic carbocycles. The Morgan fingerprint density at radius 2 is 1.65 bits per heavy atom. The fourth-order valence-electron chi connectivity index (χ4n) is 4.36. The SMILES string of the molecule is C=NNC(=NC)c1c(-c2ccnc(C)c2)nc2c(c1-c1ccnc(C)c1)CCCCC2. The second-order valence-electron chi connectivity index (χ2n) is 7.91. The van der Waals surface area contributed by atoms with Crippen LogP contribution in [0.1, 0.15) is 47.5 Å². The van der Waals surface area contributed by atoms with Crippen molar-refractivity contribution in [1.29, 1.82) is 0 Å². The number of pyridine rings is 3. The summed E-state index contributed by atoms with van der Waals surface area (Å²) in [5, 5.41) is 3.94. The molecule has 0 saturated carbocycles. The van der Waals surface area contributed by atoms with Crippen molar-refractivity contribution in [2.75, 3.05) is 7.05 Å². The molecule has 6 heteroatoms. The Labute approximate surface area is 183 Å². The molecule has 0 radical (unpaired) electrons. The number of nitrogens with one attached hydrogen (secondary N) is 1. The third-order valence-corrected chi connectivity index (χ3v) is 5.72. The first-order chi connectivity index (χ1) is 15.1. The van der Waals surface area contributed by atoms with E-state index in [1.807, 2.05) is 32.3 Å². The maximum absolute atomic E-state index is 5.22. The normalized spacial score (nSPS) is 14.0. The number of aryl methyl sites for hydroxylation is 3. The maximum Gasteiger partial charge on any atom is 0.151 e. The van der Waals surface area contributed by atoms with Gasteiger partial charge in [-0.25, -0.2) is 0 Å². The number of rotatable bonds is 4. The van der Waals surface area contributed by atoms with Crippen LogP contribution in [0.3, 0.4) is 0 Å². The van der Waals surface area contributed by atoms with Gasteiger partial charge in [0, 0.05) is 48.8 Å². The lowest BCUT2D eigenvalue weighted by molar-refractivity contribution is 0.709. The summed E-state index contributed by atoms with van der Waals surface area (Å²) in [6.07, 6.45) is 9.21. The third kappa shape index (κ3) is 4.24. The molecule has 0 aliphatic heterocycles. The summed E-state index contributed by atoms with van der Waals surface area (Å²) in [4.78, 5) is 18.6. The number of aliphatic imine (C=N–C) groups is 1. The van der Waals surface area contributed by atoms with Gasteiger partial charge in [-0.3, -0.25) is 25.4 Å². The van der Waals surface area contributed by atoms with Gasteiger partial charge in [-0.2, -0.15) is 5.10 Å². The molecule has 0 fully saturated rings. The molecule has 3 heterocycles. The Morgan fingerprint density at radius 1 is 0.968 bits per heavy atom. The zero-order valence-electron chi connectivity index (χ0n) is 18.4. The predicted octanol–water partition coefficient (Wildman–Crippen LogP) is 4.67. The first-order valence-electron chi connectivity index (χ1n) is 10.7. The molecule has 3 aromatic rings. The Kier molecular flexibility index (Phi) is 6.16. The average molecular weight is 413 g/mol. The van der Waals surface area contributed by atoms with E-state index in [0.29, 0.717) is 5.84 Å². The number of nitrogens with zero attached hydrogens (tertiary/aromatic N) is 5. The summed E-state index contributed by atoms with van der Waals surface area (Å²) >= 11 is 0. The largest absolute Gasteiger partial charge is 0.270 e. The molecule has 4 rings (SSSR count). The van der Waals surface area contributed by atoms with Gasteiger partial charge in [0.05, 0.1) is 11.3 Å². The molecule has 158 valence electrons. The molecule has 1 aliphatic rings. The van der Waals surface area contributed by atoms with Crippen LogP contribution < -0.4 is 5.43 Å². The van der Waals surface area contributed by atoms with E-state index in [0.717, 1.165) is 59.5 Å². The van der Waals surface area contributed by atoms with Crippen molar-refractivity contribution < 1.29 is 0 Å². The Morgan fingerprint density at radius 3 is 2.32 bits per heavy atom. The van der Waals surface area contributed by atoms with Gasteiger partial charge in [-0.1, -0.05) is 6.42 Å². The maximum atomic E-state index is 5.22. The molecule has 0 bridgehead atoms. The van der Waals surface area contributed by atoms with E-state index in [1.54, 1.807) is 7.05 Å². The van der Waals surface area contributed by atoms with Gasteiger partial charge < -0.3 is 0 Å². The van der Waals surface area contributed by atoms with Crippen LogP contribution in [0.25, 0.3) is 22.4 Å². The molecule has 6 nitrogen and oxygen atoms in total. The summed E-state index contributed by atoms with van der Waals surface area (Å²) in [6, 6.07) is 8.30. The number of hydrogen-bond acceptors (Lipinski definition) is 5. The molecular formula is C25H28N6. The fourth-order valence-corrected chi connectivity index (χ4v) is 4.36. The Balaban J connectivity index is 2.13. The number of aromatic nitrogens is 3. The zero-order valence-corrected chi connectivity index (χ0v) is 18.4. The van der Waals surface area contributed by atoms with Gasteiger partial charge in [0.25, 0.3) is 0 Å². The average Bonchev–Trinajstić information content (AvgIpc) is 3.01. The molecule has 0 amide bonds. The lowest BCUT2D eigenvalue weighted by atomic mass is 9.88. The lowest BCUT2D eigenvalue weighted by Crippen LogP contribution is -2.22. The third-order valence-electron chi connectivity index (χ3n) is 5.72. The molecule has 0 spiro atoms.